The fraction of sp³-hybridized carbons (Fsp3) is 0.889. The van der Waals surface area contributed by atoms with Crippen LogP contribution in [-0.2, 0) is 0 Å². The Kier molecular flexibility index (Phi) is 2.40. The van der Waals surface area contributed by atoms with Crippen molar-refractivity contribution in [2.24, 2.45) is 16.8 Å². The third-order valence-electron chi connectivity index (χ3n) is 3.31. The molecule has 2 atom stereocenters. The average molecular weight is 183 g/mol. The summed E-state index contributed by atoms with van der Waals surface area (Å²) in [6.45, 7) is 2.18. The Bertz CT molecular complexity index is 217. The number of oxime groups is 1. The smallest absolute Gasteiger partial charge is 0.140 e. The molecule has 3 N–H and O–H groups in total. The van der Waals surface area contributed by atoms with E-state index in [2.05, 4.69) is 10.1 Å². The zero-order valence-corrected chi connectivity index (χ0v) is 7.82. The van der Waals surface area contributed by atoms with Gasteiger partial charge in [0.05, 0.1) is 0 Å². The Morgan fingerprint density at radius 1 is 1.54 bits per heavy atom. The second kappa shape index (κ2) is 3.54. The second-order valence-corrected chi connectivity index (χ2v) is 4.17. The van der Waals surface area contributed by atoms with Crippen molar-refractivity contribution in [3.63, 3.8) is 0 Å². The van der Waals surface area contributed by atoms with Crippen molar-refractivity contribution in [1.82, 2.24) is 4.90 Å². The van der Waals surface area contributed by atoms with Crippen molar-refractivity contribution in [2.45, 2.75) is 31.7 Å². The molecule has 1 aliphatic carbocycles. The zero-order valence-electron chi connectivity index (χ0n) is 7.82. The summed E-state index contributed by atoms with van der Waals surface area (Å²) in [4.78, 5) is 2.48. The third-order valence-corrected chi connectivity index (χ3v) is 3.31. The summed E-state index contributed by atoms with van der Waals surface area (Å²) in [6.07, 6.45) is 4.82. The summed E-state index contributed by atoms with van der Waals surface area (Å²) >= 11 is 0. The molecule has 1 heterocycles. The first kappa shape index (κ1) is 8.81. The molecule has 0 aromatic rings. The number of nitrogens with two attached hydrogens (primary N) is 1. The number of fused-ring (bicyclic) bond motifs is 2. The first-order chi connectivity index (χ1) is 6.29. The first-order valence-corrected chi connectivity index (χ1v) is 5.00. The molecule has 74 valence electrons. The van der Waals surface area contributed by atoms with Crippen LogP contribution in [0.4, 0.5) is 0 Å². The molecule has 0 radical (unpaired) electrons. The van der Waals surface area contributed by atoms with Gasteiger partial charge < -0.3 is 10.9 Å². The maximum Gasteiger partial charge on any atom is 0.140 e. The van der Waals surface area contributed by atoms with E-state index >= 15 is 0 Å². The molecule has 1 aliphatic heterocycles. The van der Waals surface area contributed by atoms with Crippen LogP contribution in [-0.4, -0.2) is 35.1 Å². The van der Waals surface area contributed by atoms with E-state index in [1.807, 2.05) is 0 Å². The third kappa shape index (κ3) is 1.77. The van der Waals surface area contributed by atoms with Crippen LogP contribution in [0.1, 0.15) is 25.7 Å². The van der Waals surface area contributed by atoms with Gasteiger partial charge in [0.25, 0.3) is 0 Å². The standard InChI is InChI=1S/C9H17N3O/c10-9(11-13)3-4-12-6-7-1-2-8(12)5-7/h7-8,13H,1-6H2,(H2,10,11). The highest BCUT2D eigenvalue weighted by molar-refractivity contribution is 5.79. The van der Waals surface area contributed by atoms with Gasteiger partial charge in [0.2, 0.25) is 0 Å². The van der Waals surface area contributed by atoms with Crippen molar-refractivity contribution >= 4 is 5.84 Å². The minimum absolute atomic E-state index is 0.350. The molecule has 4 heteroatoms. The van der Waals surface area contributed by atoms with Gasteiger partial charge >= 0.3 is 0 Å². The number of amidine groups is 1. The summed E-state index contributed by atoms with van der Waals surface area (Å²) in [7, 11) is 0. The number of rotatable bonds is 3. The SMILES string of the molecule is NC(CCN1CC2CCC1C2)=NO. The summed E-state index contributed by atoms with van der Waals surface area (Å²) in [5, 5.41) is 11.4. The van der Waals surface area contributed by atoms with E-state index in [1.54, 1.807) is 0 Å². The van der Waals surface area contributed by atoms with E-state index in [4.69, 9.17) is 10.9 Å². The molecule has 2 rings (SSSR count). The highest BCUT2D eigenvalue weighted by atomic mass is 16.4. The van der Waals surface area contributed by atoms with Crippen LogP contribution in [0.15, 0.2) is 5.16 Å². The molecule has 2 fully saturated rings. The molecule has 1 saturated carbocycles. The monoisotopic (exact) mass is 183 g/mol. The molecule has 2 aliphatic rings. The maximum atomic E-state index is 8.39. The molecule has 13 heavy (non-hydrogen) atoms. The van der Waals surface area contributed by atoms with E-state index in [9.17, 15) is 0 Å². The quantitative estimate of drug-likeness (QED) is 0.291. The number of nitrogens with zero attached hydrogens (tertiary/aromatic N) is 2. The lowest BCUT2D eigenvalue weighted by molar-refractivity contribution is 0.218. The van der Waals surface area contributed by atoms with Gasteiger partial charge in [-0.25, -0.2) is 0 Å². The number of hydrogen-bond acceptors (Lipinski definition) is 3. The van der Waals surface area contributed by atoms with Crippen molar-refractivity contribution in [3.05, 3.63) is 0 Å². The second-order valence-electron chi connectivity index (χ2n) is 4.17. The Morgan fingerprint density at radius 3 is 2.92 bits per heavy atom. The van der Waals surface area contributed by atoms with Gasteiger partial charge in [-0.15, -0.1) is 0 Å². The molecule has 0 aromatic heterocycles. The molecule has 0 spiro atoms. The summed E-state index contributed by atoms with van der Waals surface area (Å²) in [5.41, 5.74) is 5.42. The van der Waals surface area contributed by atoms with E-state index in [0.717, 1.165) is 18.5 Å². The van der Waals surface area contributed by atoms with Gasteiger partial charge in [-0.2, -0.15) is 0 Å². The van der Waals surface area contributed by atoms with Gasteiger partial charge in [0.15, 0.2) is 0 Å². The van der Waals surface area contributed by atoms with E-state index in [1.165, 1.54) is 25.8 Å². The lowest BCUT2D eigenvalue weighted by Crippen LogP contribution is -2.34. The molecule has 0 amide bonds. The minimum atomic E-state index is 0.350. The number of likely N-dealkylation sites (tertiary alicyclic amines) is 1. The molecular weight excluding hydrogens is 166 g/mol. The normalized spacial score (nSPS) is 34.3. The van der Waals surface area contributed by atoms with Crippen LogP contribution < -0.4 is 5.73 Å². The first-order valence-electron chi connectivity index (χ1n) is 5.00. The number of hydrogen-bond donors (Lipinski definition) is 2. The lowest BCUT2D eigenvalue weighted by Gasteiger charge is -2.26. The molecule has 0 aromatic carbocycles. The van der Waals surface area contributed by atoms with Gasteiger partial charge in [-0.05, 0) is 25.2 Å². The van der Waals surface area contributed by atoms with Gasteiger partial charge in [-0.1, -0.05) is 5.16 Å². The predicted octanol–water partition coefficient (Wildman–Crippen LogP) is 0.607. The Hall–Kier alpha value is -0.770. The lowest BCUT2D eigenvalue weighted by atomic mass is 10.1. The van der Waals surface area contributed by atoms with Crippen LogP contribution in [0.25, 0.3) is 0 Å². The highest BCUT2D eigenvalue weighted by Crippen LogP contribution is 2.37. The summed E-state index contributed by atoms with van der Waals surface area (Å²) in [5.74, 6) is 1.28. The van der Waals surface area contributed by atoms with Crippen molar-refractivity contribution in [2.75, 3.05) is 13.1 Å². The molecule has 4 nitrogen and oxygen atoms in total. The fourth-order valence-corrected chi connectivity index (χ4v) is 2.61. The van der Waals surface area contributed by atoms with Crippen LogP contribution >= 0.6 is 0 Å². The highest BCUT2D eigenvalue weighted by Gasteiger charge is 2.37. The van der Waals surface area contributed by atoms with Crippen LogP contribution in [0.5, 0.6) is 0 Å². The van der Waals surface area contributed by atoms with E-state index in [-0.39, 0.29) is 0 Å². The van der Waals surface area contributed by atoms with Crippen molar-refractivity contribution < 1.29 is 5.21 Å². The van der Waals surface area contributed by atoms with Crippen LogP contribution in [0, 0.1) is 5.92 Å². The Labute approximate surface area is 78.4 Å². The molecule has 2 unspecified atom stereocenters. The number of piperidine rings is 1. The van der Waals surface area contributed by atoms with Crippen molar-refractivity contribution in [3.8, 4) is 0 Å². The molecule has 2 bridgehead atoms. The van der Waals surface area contributed by atoms with Crippen molar-refractivity contribution in [1.29, 1.82) is 0 Å². The van der Waals surface area contributed by atoms with Gasteiger partial charge in [0.1, 0.15) is 5.84 Å². The molecular formula is C9H17N3O. The van der Waals surface area contributed by atoms with E-state index in [0.29, 0.717) is 12.3 Å². The summed E-state index contributed by atoms with van der Waals surface area (Å²) < 4.78 is 0. The maximum absolute atomic E-state index is 8.39. The topological polar surface area (TPSA) is 61.8 Å². The Morgan fingerprint density at radius 2 is 2.38 bits per heavy atom. The predicted molar refractivity (Wildman–Crippen MR) is 50.7 cm³/mol. The average Bonchev–Trinajstić information content (AvgIpc) is 2.74. The minimum Gasteiger partial charge on any atom is -0.409 e. The van der Waals surface area contributed by atoms with Gasteiger partial charge in [-0.3, -0.25) is 4.90 Å². The summed E-state index contributed by atoms with van der Waals surface area (Å²) in [6, 6.07) is 0.788. The van der Waals surface area contributed by atoms with Gasteiger partial charge in [0, 0.05) is 25.6 Å². The fourth-order valence-electron chi connectivity index (χ4n) is 2.61. The van der Waals surface area contributed by atoms with E-state index < -0.39 is 0 Å². The molecule has 1 saturated heterocycles. The zero-order chi connectivity index (χ0) is 9.26. The Balaban J connectivity index is 1.77. The van der Waals surface area contributed by atoms with Crippen LogP contribution in [0.2, 0.25) is 0 Å². The largest absolute Gasteiger partial charge is 0.409 e. The van der Waals surface area contributed by atoms with Crippen LogP contribution in [0.3, 0.4) is 0 Å².